The molecule has 17 unspecified atom stereocenters. The van der Waals surface area contributed by atoms with Gasteiger partial charge in [0.15, 0.2) is 36.7 Å². The van der Waals surface area contributed by atoms with Gasteiger partial charge in [0.05, 0.1) is 67.5 Å². The summed E-state index contributed by atoms with van der Waals surface area (Å²) >= 11 is 0. The maximum absolute atomic E-state index is 12.4. The van der Waals surface area contributed by atoms with Crippen LogP contribution in [-0.4, -0.2) is 184 Å². The first-order valence-corrected chi connectivity index (χ1v) is 25.6. The molecule has 3 N–H and O–H groups in total. The van der Waals surface area contributed by atoms with E-state index in [-0.39, 0.29) is 53.2 Å². The van der Waals surface area contributed by atoms with E-state index in [0.29, 0.717) is 32.5 Å². The summed E-state index contributed by atoms with van der Waals surface area (Å²) in [4.78, 5) is 12.4. The molecule has 0 aromatic heterocycles. The highest BCUT2D eigenvalue weighted by Crippen LogP contribution is 2.76. The van der Waals surface area contributed by atoms with Gasteiger partial charge in [0.25, 0.3) is 0 Å². The number of rotatable bonds is 13. The molecule has 10 rings (SSSR count). The Morgan fingerprint density at radius 2 is 1.36 bits per heavy atom. The number of allylic oxidation sites excluding steroid dienone is 1. The largest absolute Gasteiger partial charge is 0.465 e. The van der Waals surface area contributed by atoms with Crippen molar-refractivity contribution in [3.8, 4) is 0 Å². The number of fused-ring (bicyclic) bond motifs is 3. The predicted molar refractivity (Wildman–Crippen MR) is 238 cm³/mol. The van der Waals surface area contributed by atoms with E-state index in [0.717, 1.165) is 32.1 Å². The molecule has 19 heteroatoms. The quantitative estimate of drug-likeness (QED) is 0.178. The number of carbonyl (C=O) groups is 1. The van der Waals surface area contributed by atoms with Gasteiger partial charge in [0, 0.05) is 64.3 Å². The lowest BCUT2D eigenvalue weighted by molar-refractivity contribution is -0.359. The standard InChI is InChI=1S/C50H78O19/c1-23-39(53)44(57-10)40(54)46(63-23)67-43-26(4)62-38(20-34(43)56-9)66-42-25(3)61-37(19-33(42)55-8)65-41-24(2)60-36(18-32(41)52)64-29-13-16-49(22-58-27(5)51)28(17-29)11-12-31-30(49)14-15-47(6)45-35-21-59-48(45,7)69-50(31,47)68-35/h11,23-26,29-46,52-54H,12-22H2,1-10H3/t23?,24?,25?,26?,29-,30-,31+,32?,33?,34?,35+,36?,37?,38?,39?,40?,41?,42?,43?,44?,45-,46?,47+,48+,49+,50-/m0/s1. The first-order chi connectivity index (χ1) is 32.9. The van der Waals surface area contributed by atoms with Crippen LogP contribution >= 0.6 is 0 Å². The number of hydrogen-bond acceptors (Lipinski definition) is 19. The smallest absolute Gasteiger partial charge is 0.302 e. The zero-order valence-corrected chi connectivity index (χ0v) is 41.9. The van der Waals surface area contributed by atoms with Gasteiger partial charge in [-0.15, -0.1) is 0 Å². The molecule has 0 radical (unpaired) electrons. The van der Waals surface area contributed by atoms with Gasteiger partial charge in [-0.3, -0.25) is 4.79 Å². The first-order valence-electron chi connectivity index (χ1n) is 25.6. The fraction of sp³-hybridized carbons (Fsp3) is 0.940. The van der Waals surface area contributed by atoms with Crippen LogP contribution in [0.15, 0.2) is 11.6 Å². The van der Waals surface area contributed by atoms with Crippen molar-refractivity contribution in [2.45, 2.75) is 235 Å². The molecule has 2 bridgehead atoms. The second-order valence-electron chi connectivity index (χ2n) is 22.1. The minimum absolute atomic E-state index is 0.0280. The van der Waals surface area contributed by atoms with Crippen molar-refractivity contribution in [2.75, 3.05) is 34.5 Å². The molecule has 26 atom stereocenters. The highest BCUT2D eigenvalue weighted by Gasteiger charge is 2.83. The van der Waals surface area contributed by atoms with E-state index < -0.39 is 116 Å². The molecule has 0 aromatic rings. The fourth-order valence-electron chi connectivity index (χ4n) is 15.0. The Hall–Kier alpha value is -1.47. The number of carbonyl (C=O) groups excluding carboxylic acids is 1. The van der Waals surface area contributed by atoms with Crippen LogP contribution in [0.4, 0.5) is 0 Å². The van der Waals surface area contributed by atoms with Crippen molar-refractivity contribution in [3.05, 3.63) is 11.6 Å². The van der Waals surface area contributed by atoms with E-state index >= 15 is 0 Å². The number of aliphatic hydroxyl groups excluding tert-OH is 3. The molecule has 7 saturated heterocycles. The third kappa shape index (κ3) is 8.60. The summed E-state index contributed by atoms with van der Waals surface area (Å²) in [6.45, 7) is 14.1. The molecule has 2 saturated carbocycles. The predicted octanol–water partition coefficient (Wildman–Crippen LogP) is 3.39. The summed E-state index contributed by atoms with van der Waals surface area (Å²) in [6.07, 6.45) is -4.06. The lowest BCUT2D eigenvalue weighted by Crippen LogP contribution is -2.61. The average molecular weight is 983 g/mol. The Kier molecular flexibility index (Phi) is 14.3. The van der Waals surface area contributed by atoms with Crippen molar-refractivity contribution < 1.29 is 91.2 Å². The summed E-state index contributed by atoms with van der Waals surface area (Å²) in [5.74, 6) is -1.18. The minimum Gasteiger partial charge on any atom is -0.465 e. The van der Waals surface area contributed by atoms with Crippen LogP contribution in [0.5, 0.6) is 0 Å². The zero-order chi connectivity index (χ0) is 48.9. The number of ether oxygens (including phenoxy) is 15. The number of methoxy groups -OCH3 is 3. The maximum atomic E-state index is 12.4. The number of hydrogen-bond donors (Lipinski definition) is 3. The summed E-state index contributed by atoms with van der Waals surface area (Å²) in [7, 11) is 4.61. The third-order valence-corrected chi connectivity index (χ3v) is 18.2. The van der Waals surface area contributed by atoms with Gasteiger partial charge in [0.1, 0.15) is 43.2 Å². The maximum Gasteiger partial charge on any atom is 0.302 e. The molecule has 392 valence electrons. The van der Waals surface area contributed by atoms with Gasteiger partial charge in [0.2, 0.25) is 0 Å². The van der Waals surface area contributed by atoms with Crippen molar-refractivity contribution in [2.24, 2.45) is 28.6 Å². The average Bonchev–Trinajstić information content (AvgIpc) is 3.80. The number of esters is 1. The lowest BCUT2D eigenvalue weighted by atomic mass is 9.47. The molecule has 7 heterocycles. The van der Waals surface area contributed by atoms with Crippen LogP contribution in [0.25, 0.3) is 0 Å². The molecule has 0 spiro atoms. The molecular formula is C50H78O19. The van der Waals surface area contributed by atoms with Crippen LogP contribution in [-0.2, 0) is 75.8 Å². The van der Waals surface area contributed by atoms with E-state index in [1.807, 2.05) is 20.8 Å². The molecule has 0 amide bonds. The normalized spacial score (nSPS) is 54.6. The Morgan fingerprint density at radius 3 is 1.99 bits per heavy atom. The highest BCUT2D eigenvalue weighted by molar-refractivity contribution is 5.66. The molecule has 9 fully saturated rings. The van der Waals surface area contributed by atoms with Crippen LogP contribution in [0.3, 0.4) is 0 Å². The van der Waals surface area contributed by atoms with Gasteiger partial charge in [-0.1, -0.05) is 18.6 Å². The Bertz CT molecular complexity index is 1860. The van der Waals surface area contributed by atoms with Gasteiger partial charge in [-0.05, 0) is 79.1 Å². The van der Waals surface area contributed by atoms with Crippen LogP contribution in [0, 0.1) is 28.6 Å². The topological polar surface area (TPSA) is 216 Å². The van der Waals surface area contributed by atoms with Crippen LogP contribution in [0.1, 0.15) is 106 Å². The van der Waals surface area contributed by atoms with Crippen molar-refractivity contribution in [1.29, 1.82) is 0 Å². The highest BCUT2D eigenvalue weighted by atomic mass is 16.8. The van der Waals surface area contributed by atoms with Crippen molar-refractivity contribution in [1.82, 2.24) is 0 Å². The van der Waals surface area contributed by atoms with E-state index in [2.05, 4.69) is 19.9 Å². The lowest BCUT2D eigenvalue weighted by Gasteiger charge is -2.60. The van der Waals surface area contributed by atoms with Gasteiger partial charge in [-0.2, -0.15) is 0 Å². The van der Waals surface area contributed by atoms with Crippen molar-refractivity contribution >= 4 is 5.97 Å². The Balaban J connectivity index is 0.731. The van der Waals surface area contributed by atoms with E-state index in [4.69, 9.17) is 71.1 Å². The summed E-state index contributed by atoms with van der Waals surface area (Å²) < 4.78 is 94.2. The molecule has 19 nitrogen and oxygen atoms in total. The van der Waals surface area contributed by atoms with E-state index in [1.165, 1.54) is 19.6 Å². The second kappa shape index (κ2) is 19.3. The van der Waals surface area contributed by atoms with Crippen LogP contribution < -0.4 is 0 Å². The number of aliphatic hydroxyl groups is 3. The van der Waals surface area contributed by atoms with Crippen molar-refractivity contribution in [3.63, 3.8) is 0 Å². The van der Waals surface area contributed by atoms with E-state index in [9.17, 15) is 20.1 Å². The zero-order valence-electron chi connectivity index (χ0n) is 41.9. The minimum atomic E-state index is -1.23. The summed E-state index contributed by atoms with van der Waals surface area (Å²) in [6, 6.07) is 0. The molecule has 3 aliphatic carbocycles. The molecule has 7 aliphatic heterocycles. The summed E-state index contributed by atoms with van der Waals surface area (Å²) in [5, 5.41) is 32.9. The molecule has 0 aromatic carbocycles. The monoisotopic (exact) mass is 983 g/mol. The molecular weight excluding hydrogens is 905 g/mol. The first kappa shape index (κ1) is 51.0. The third-order valence-electron chi connectivity index (χ3n) is 18.2. The van der Waals surface area contributed by atoms with Crippen LogP contribution in [0.2, 0.25) is 0 Å². The van der Waals surface area contributed by atoms with E-state index in [1.54, 1.807) is 21.1 Å². The Labute approximate surface area is 405 Å². The summed E-state index contributed by atoms with van der Waals surface area (Å²) in [5.41, 5.74) is 0.746. The molecule has 10 aliphatic rings. The van der Waals surface area contributed by atoms with Gasteiger partial charge < -0.3 is 86.4 Å². The molecule has 69 heavy (non-hydrogen) atoms. The fourth-order valence-corrected chi connectivity index (χ4v) is 15.0. The van der Waals surface area contributed by atoms with Gasteiger partial charge >= 0.3 is 5.97 Å². The SMILES string of the molecule is COC1CC(OC2C(O)CC(O[C@H]3CC[C@@]4(COC(C)=O)C(=CC[C@@H]5[C@@H]4CC[C@]4(C)[C@@H]6[C@H]7CO[C@]6(C)O[C@@]54O7)C3)OC2C)OC(C)C1OC1CC(OC)C(OC2OC(C)C(O)C(OC)C2O)C(C)O1. The Morgan fingerprint density at radius 1 is 0.725 bits per heavy atom. The van der Waals surface area contributed by atoms with Gasteiger partial charge in [-0.25, -0.2) is 0 Å². The second-order valence-corrected chi connectivity index (χ2v) is 22.1.